The molecule has 0 radical (unpaired) electrons. The van der Waals surface area contributed by atoms with Crippen LogP contribution in [0.15, 0.2) is 47.6 Å². The molecule has 1 N–H and O–H groups in total. The van der Waals surface area contributed by atoms with E-state index >= 15 is 0 Å². The number of nitrogens with zero attached hydrogens (tertiary/aromatic N) is 2. The maximum absolute atomic E-state index is 11.9. The standard InChI is InChI=1S/C12H15N3O2S/c1-15-10-11(9-13-15)7-8-14-18(16,17)12-5-3-2-4-6-12/h2-6,9-10,14H,7-8H2,1H3. The largest absolute Gasteiger partial charge is 0.276 e. The summed E-state index contributed by atoms with van der Waals surface area (Å²) in [5, 5.41) is 4.03. The number of rotatable bonds is 5. The molecule has 18 heavy (non-hydrogen) atoms. The van der Waals surface area contributed by atoms with E-state index in [9.17, 15) is 8.42 Å². The second kappa shape index (κ2) is 5.32. The predicted octanol–water partition coefficient (Wildman–Crippen LogP) is 0.941. The molecule has 0 aliphatic rings. The molecule has 1 heterocycles. The lowest BCUT2D eigenvalue weighted by molar-refractivity contribution is 0.581. The average molecular weight is 265 g/mol. The maximum Gasteiger partial charge on any atom is 0.240 e. The second-order valence-corrected chi connectivity index (χ2v) is 5.75. The van der Waals surface area contributed by atoms with Crippen molar-refractivity contribution in [2.24, 2.45) is 7.05 Å². The molecular weight excluding hydrogens is 250 g/mol. The van der Waals surface area contributed by atoms with Gasteiger partial charge >= 0.3 is 0 Å². The fraction of sp³-hybridized carbons (Fsp3) is 0.250. The van der Waals surface area contributed by atoms with Crippen LogP contribution in [0.1, 0.15) is 5.56 Å². The topological polar surface area (TPSA) is 64.0 Å². The molecule has 0 unspecified atom stereocenters. The van der Waals surface area contributed by atoms with E-state index < -0.39 is 10.0 Å². The molecule has 0 atom stereocenters. The number of aromatic nitrogens is 2. The summed E-state index contributed by atoms with van der Waals surface area (Å²) >= 11 is 0. The van der Waals surface area contributed by atoms with Crippen LogP contribution in [0, 0.1) is 0 Å². The molecule has 1 aromatic carbocycles. The molecule has 2 rings (SSSR count). The first-order valence-electron chi connectivity index (χ1n) is 5.60. The van der Waals surface area contributed by atoms with Crippen molar-refractivity contribution in [3.8, 4) is 0 Å². The minimum atomic E-state index is -3.40. The van der Waals surface area contributed by atoms with Gasteiger partial charge in [-0.05, 0) is 24.1 Å². The molecule has 96 valence electrons. The average Bonchev–Trinajstić information content (AvgIpc) is 2.76. The molecule has 0 saturated carbocycles. The zero-order chi connectivity index (χ0) is 13.0. The molecule has 0 aliphatic heterocycles. The van der Waals surface area contributed by atoms with Crippen LogP contribution in [0.5, 0.6) is 0 Å². The summed E-state index contributed by atoms with van der Waals surface area (Å²) in [5.41, 5.74) is 1.01. The highest BCUT2D eigenvalue weighted by atomic mass is 32.2. The summed E-state index contributed by atoms with van der Waals surface area (Å²) in [6.07, 6.45) is 4.23. The van der Waals surface area contributed by atoms with Crippen LogP contribution in [0.4, 0.5) is 0 Å². The van der Waals surface area contributed by atoms with Crippen LogP contribution in [-0.2, 0) is 23.5 Å². The first kappa shape index (κ1) is 12.8. The summed E-state index contributed by atoms with van der Waals surface area (Å²) in [6, 6.07) is 8.35. The molecule has 0 spiro atoms. The number of benzene rings is 1. The highest BCUT2D eigenvalue weighted by Crippen LogP contribution is 2.07. The summed E-state index contributed by atoms with van der Waals surface area (Å²) in [7, 11) is -1.57. The first-order chi connectivity index (χ1) is 8.58. The molecule has 1 aromatic heterocycles. The fourth-order valence-electron chi connectivity index (χ4n) is 1.61. The fourth-order valence-corrected chi connectivity index (χ4v) is 2.67. The van der Waals surface area contributed by atoms with E-state index in [0.29, 0.717) is 13.0 Å². The summed E-state index contributed by atoms with van der Waals surface area (Å²) < 4.78 is 28.1. The van der Waals surface area contributed by atoms with Gasteiger partial charge in [0, 0.05) is 19.8 Å². The lowest BCUT2D eigenvalue weighted by atomic mass is 10.3. The molecule has 0 amide bonds. The van der Waals surface area contributed by atoms with Gasteiger partial charge in [0.1, 0.15) is 0 Å². The van der Waals surface area contributed by atoms with Gasteiger partial charge in [-0.1, -0.05) is 18.2 Å². The van der Waals surface area contributed by atoms with Crippen LogP contribution in [0.2, 0.25) is 0 Å². The number of hydrogen-bond acceptors (Lipinski definition) is 3. The Morgan fingerprint density at radius 3 is 2.61 bits per heavy atom. The zero-order valence-corrected chi connectivity index (χ0v) is 10.9. The number of sulfonamides is 1. The molecule has 6 heteroatoms. The van der Waals surface area contributed by atoms with Crippen LogP contribution in [-0.4, -0.2) is 24.7 Å². The Morgan fingerprint density at radius 1 is 1.28 bits per heavy atom. The van der Waals surface area contributed by atoms with Crippen molar-refractivity contribution < 1.29 is 8.42 Å². The smallest absolute Gasteiger partial charge is 0.240 e. The quantitative estimate of drug-likeness (QED) is 0.875. The van der Waals surface area contributed by atoms with Crippen molar-refractivity contribution >= 4 is 10.0 Å². The Balaban J connectivity index is 1.94. The Labute approximate surface area is 107 Å². The number of aryl methyl sites for hydroxylation is 1. The van der Waals surface area contributed by atoms with Gasteiger partial charge in [0.2, 0.25) is 10.0 Å². The van der Waals surface area contributed by atoms with E-state index in [-0.39, 0.29) is 4.90 Å². The number of nitrogens with one attached hydrogen (secondary N) is 1. The van der Waals surface area contributed by atoms with E-state index in [1.165, 1.54) is 0 Å². The molecule has 0 aliphatic carbocycles. The van der Waals surface area contributed by atoms with Gasteiger partial charge in [-0.3, -0.25) is 4.68 Å². The Kier molecular flexibility index (Phi) is 3.78. The van der Waals surface area contributed by atoms with E-state index in [0.717, 1.165) is 5.56 Å². The lowest BCUT2D eigenvalue weighted by Gasteiger charge is -2.05. The molecule has 0 saturated heterocycles. The predicted molar refractivity (Wildman–Crippen MR) is 68.5 cm³/mol. The Morgan fingerprint density at radius 2 is 2.00 bits per heavy atom. The first-order valence-corrected chi connectivity index (χ1v) is 7.08. The van der Waals surface area contributed by atoms with Crippen molar-refractivity contribution in [3.05, 3.63) is 48.3 Å². The van der Waals surface area contributed by atoms with Gasteiger partial charge in [0.25, 0.3) is 0 Å². The molecule has 5 nitrogen and oxygen atoms in total. The van der Waals surface area contributed by atoms with Crippen LogP contribution in [0.25, 0.3) is 0 Å². The van der Waals surface area contributed by atoms with Crippen molar-refractivity contribution in [2.75, 3.05) is 6.54 Å². The van der Waals surface area contributed by atoms with Crippen molar-refractivity contribution in [1.29, 1.82) is 0 Å². The van der Waals surface area contributed by atoms with E-state index in [2.05, 4.69) is 9.82 Å². The highest BCUT2D eigenvalue weighted by Gasteiger charge is 2.12. The van der Waals surface area contributed by atoms with Crippen LogP contribution in [0.3, 0.4) is 0 Å². The lowest BCUT2D eigenvalue weighted by Crippen LogP contribution is -2.25. The highest BCUT2D eigenvalue weighted by molar-refractivity contribution is 7.89. The monoisotopic (exact) mass is 265 g/mol. The third kappa shape index (κ3) is 3.18. The van der Waals surface area contributed by atoms with Crippen molar-refractivity contribution in [3.63, 3.8) is 0 Å². The van der Waals surface area contributed by atoms with Crippen LogP contribution >= 0.6 is 0 Å². The third-order valence-electron chi connectivity index (χ3n) is 2.52. The van der Waals surface area contributed by atoms with Gasteiger partial charge < -0.3 is 0 Å². The summed E-state index contributed by atoms with van der Waals surface area (Å²) in [6.45, 7) is 0.364. The number of hydrogen-bond donors (Lipinski definition) is 1. The minimum Gasteiger partial charge on any atom is -0.276 e. The van der Waals surface area contributed by atoms with Gasteiger partial charge in [-0.25, -0.2) is 13.1 Å². The molecule has 2 aromatic rings. The van der Waals surface area contributed by atoms with E-state index in [1.54, 1.807) is 41.2 Å². The molecule has 0 bridgehead atoms. The molecule has 0 fully saturated rings. The van der Waals surface area contributed by atoms with Crippen LogP contribution < -0.4 is 4.72 Å². The molecular formula is C12H15N3O2S. The van der Waals surface area contributed by atoms with E-state index in [4.69, 9.17) is 0 Å². The summed E-state index contributed by atoms with van der Waals surface area (Å²) in [4.78, 5) is 0.288. The normalized spacial score (nSPS) is 11.6. The zero-order valence-electron chi connectivity index (χ0n) is 10.1. The van der Waals surface area contributed by atoms with Crippen molar-refractivity contribution in [1.82, 2.24) is 14.5 Å². The van der Waals surface area contributed by atoms with Crippen molar-refractivity contribution in [2.45, 2.75) is 11.3 Å². The summed E-state index contributed by atoms with van der Waals surface area (Å²) in [5.74, 6) is 0. The van der Waals surface area contributed by atoms with Gasteiger partial charge in [0.05, 0.1) is 11.1 Å². The van der Waals surface area contributed by atoms with E-state index in [1.807, 2.05) is 13.2 Å². The van der Waals surface area contributed by atoms with Gasteiger partial charge in [-0.15, -0.1) is 0 Å². The Bertz CT molecular complexity index is 605. The maximum atomic E-state index is 11.9. The third-order valence-corrected chi connectivity index (χ3v) is 3.99. The Hall–Kier alpha value is -1.66. The van der Waals surface area contributed by atoms with Gasteiger partial charge in [-0.2, -0.15) is 5.10 Å². The minimum absolute atomic E-state index is 0.288. The SMILES string of the molecule is Cn1cc(CCNS(=O)(=O)c2ccccc2)cn1. The van der Waals surface area contributed by atoms with Gasteiger partial charge in [0.15, 0.2) is 0 Å². The second-order valence-electron chi connectivity index (χ2n) is 3.98.